The molecule has 0 aliphatic rings. The number of amides is 1. The van der Waals surface area contributed by atoms with Crippen LogP contribution in [0.15, 0.2) is 77.7 Å². The minimum Gasteiger partial charge on any atom is -0.484 e. The summed E-state index contributed by atoms with van der Waals surface area (Å²) in [5, 5.41) is 3.47. The van der Waals surface area contributed by atoms with Crippen LogP contribution in [0.1, 0.15) is 6.92 Å². The number of hydrogen-bond donors (Lipinski definition) is 1. The monoisotopic (exact) mass is 478 g/mol. The molecule has 9 heteroatoms. The molecule has 1 N–H and O–H groups in total. The Bertz CT molecular complexity index is 1130. The summed E-state index contributed by atoms with van der Waals surface area (Å²) in [5.41, 5.74) is 0.961. The Hall–Kier alpha value is -2.74. The third-order valence-electron chi connectivity index (χ3n) is 4.26. The second-order valence-corrected chi connectivity index (χ2v) is 9.21. The first-order chi connectivity index (χ1) is 14.8. The van der Waals surface area contributed by atoms with E-state index < -0.39 is 10.0 Å². The lowest BCUT2D eigenvalue weighted by Crippen LogP contribution is -2.30. The highest BCUT2D eigenvalue weighted by Crippen LogP contribution is 2.26. The van der Waals surface area contributed by atoms with Crippen molar-refractivity contribution in [3.63, 3.8) is 0 Å². The summed E-state index contributed by atoms with van der Waals surface area (Å²) in [6, 6.07) is 19.4. The summed E-state index contributed by atoms with van der Waals surface area (Å²) in [6.07, 6.45) is 0. The second-order valence-electron chi connectivity index (χ2n) is 6.47. The van der Waals surface area contributed by atoms with Crippen LogP contribution in [-0.4, -0.2) is 27.5 Å². The third-order valence-corrected chi connectivity index (χ3v) is 6.61. The molecule has 0 atom stereocenters. The van der Waals surface area contributed by atoms with Gasteiger partial charge in [0.2, 0.25) is 0 Å². The smallest absolute Gasteiger partial charge is 0.264 e. The Morgan fingerprint density at radius 1 is 0.968 bits per heavy atom. The number of halogens is 2. The number of carbonyl (C=O) groups is 1. The maximum atomic E-state index is 12.9. The van der Waals surface area contributed by atoms with Crippen molar-refractivity contribution >= 4 is 50.5 Å². The minimum atomic E-state index is -3.68. The van der Waals surface area contributed by atoms with E-state index in [1.807, 2.05) is 0 Å². The molecule has 3 aromatic rings. The van der Waals surface area contributed by atoms with Crippen molar-refractivity contribution in [2.24, 2.45) is 0 Å². The molecule has 0 fully saturated rings. The van der Waals surface area contributed by atoms with Crippen LogP contribution < -0.4 is 14.4 Å². The highest BCUT2D eigenvalue weighted by Gasteiger charge is 2.23. The van der Waals surface area contributed by atoms with E-state index in [9.17, 15) is 13.2 Å². The van der Waals surface area contributed by atoms with Gasteiger partial charge in [0.1, 0.15) is 5.75 Å². The topological polar surface area (TPSA) is 75.7 Å². The molecule has 0 spiro atoms. The fourth-order valence-corrected chi connectivity index (χ4v) is 4.91. The SMILES string of the molecule is CCN(c1ccc(OCC(=O)Nc2cc(Cl)cc(Cl)c2)cc1)S(=O)(=O)c1ccccc1. The summed E-state index contributed by atoms with van der Waals surface area (Å²) in [7, 11) is -3.68. The number of anilines is 2. The first-order valence-electron chi connectivity index (χ1n) is 9.36. The van der Waals surface area contributed by atoms with Crippen LogP contribution >= 0.6 is 23.2 Å². The molecule has 0 saturated carbocycles. The lowest BCUT2D eigenvalue weighted by Gasteiger charge is -2.23. The highest BCUT2D eigenvalue weighted by molar-refractivity contribution is 7.92. The van der Waals surface area contributed by atoms with Gasteiger partial charge < -0.3 is 10.1 Å². The van der Waals surface area contributed by atoms with E-state index in [-0.39, 0.29) is 24.0 Å². The van der Waals surface area contributed by atoms with E-state index in [2.05, 4.69) is 5.32 Å². The van der Waals surface area contributed by atoms with Gasteiger partial charge in [-0.3, -0.25) is 9.10 Å². The molecule has 0 aliphatic carbocycles. The van der Waals surface area contributed by atoms with Gasteiger partial charge in [0.15, 0.2) is 6.61 Å². The summed E-state index contributed by atoms with van der Waals surface area (Å²) < 4.78 is 32.6. The Morgan fingerprint density at radius 2 is 1.58 bits per heavy atom. The van der Waals surface area contributed by atoms with Crippen molar-refractivity contribution in [1.82, 2.24) is 0 Å². The van der Waals surface area contributed by atoms with Gasteiger partial charge in [-0.15, -0.1) is 0 Å². The lowest BCUT2D eigenvalue weighted by atomic mass is 10.3. The molecule has 1 amide bonds. The van der Waals surface area contributed by atoms with E-state index in [4.69, 9.17) is 27.9 Å². The molecule has 0 radical (unpaired) electrons. The predicted octanol–water partition coefficient (Wildman–Crippen LogP) is 5.23. The Morgan fingerprint density at radius 3 is 2.16 bits per heavy atom. The molecule has 3 rings (SSSR count). The fourth-order valence-electron chi connectivity index (χ4n) is 2.89. The Labute approximate surface area is 191 Å². The first kappa shape index (κ1) is 22.9. The zero-order chi connectivity index (χ0) is 22.4. The molecule has 0 saturated heterocycles. The van der Waals surface area contributed by atoms with Crippen LogP contribution in [0, 0.1) is 0 Å². The summed E-state index contributed by atoms with van der Waals surface area (Å²) in [5.74, 6) is 0.0421. The summed E-state index contributed by atoms with van der Waals surface area (Å²) >= 11 is 11.8. The van der Waals surface area contributed by atoms with Gasteiger partial charge >= 0.3 is 0 Å². The molecule has 0 aliphatic heterocycles. The van der Waals surface area contributed by atoms with Crippen LogP contribution in [0.5, 0.6) is 5.75 Å². The average Bonchev–Trinajstić information content (AvgIpc) is 2.73. The number of rotatable bonds is 8. The van der Waals surface area contributed by atoms with Gasteiger partial charge in [0.05, 0.1) is 10.6 Å². The van der Waals surface area contributed by atoms with Crippen LogP contribution in [0.4, 0.5) is 11.4 Å². The predicted molar refractivity (Wildman–Crippen MR) is 124 cm³/mol. The van der Waals surface area contributed by atoms with Crippen LogP contribution in [0.3, 0.4) is 0 Å². The number of nitrogens with zero attached hydrogens (tertiary/aromatic N) is 1. The second kappa shape index (κ2) is 10.0. The standard InChI is InChI=1S/C22H20Cl2N2O4S/c1-2-26(31(28,29)21-6-4-3-5-7-21)19-8-10-20(11-9-19)30-15-22(27)25-18-13-16(23)12-17(24)14-18/h3-14H,2,15H2,1H3,(H,25,27). The summed E-state index contributed by atoms with van der Waals surface area (Å²) in [6.45, 7) is 1.79. The maximum Gasteiger partial charge on any atom is 0.264 e. The zero-order valence-electron chi connectivity index (χ0n) is 16.6. The molecule has 162 valence electrons. The number of nitrogens with one attached hydrogen (secondary N) is 1. The molecule has 3 aromatic carbocycles. The van der Waals surface area contributed by atoms with Crippen molar-refractivity contribution in [2.75, 3.05) is 22.8 Å². The van der Waals surface area contributed by atoms with Crippen LogP contribution in [0.2, 0.25) is 10.0 Å². The van der Waals surface area contributed by atoms with E-state index in [1.54, 1.807) is 79.7 Å². The molecule has 6 nitrogen and oxygen atoms in total. The quantitative estimate of drug-likeness (QED) is 0.480. The molecule has 0 bridgehead atoms. The minimum absolute atomic E-state index is 0.218. The van der Waals surface area contributed by atoms with Crippen LogP contribution in [-0.2, 0) is 14.8 Å². The zero-order valence-corrected chi connectivity index (χ0v) is 18.9. The fraction of sp³-hybridized carbons (Fsp3) is 0.136. The van der Waals surface area contributed by atoms with Gasteiger partial charge in [-0.1, -0.05) is 41.4 Å². The van der Waals surface area contributed by atoms with Crippen molar-refractivity contribution in [2.45, 2.75) is 11.8 Å². The van der Waals surface area contributed by atoms with E-state index in [1.165, 1.54) is 4.31 Å². The van der Waals surface area contributed by atoms with Crippen molar-refractivity contribution < 1.29 is 17.9 Å². The van der Waals surface area contributed by atoms with Crippen molar-refractivity contribution in [1.29, 1.82) is 0 Å². The van der Waals surface area contributed by atoms with E-state index in [0.29, 0.717) is 27.2 Å². The van der Waals surface area contributed by atoms with E-state index >= 15 is 0 Å². The highest BCUT2D eigenvalue weighted by atomic mass is 35.5. The lowest BCUT2D eigenvalue weighted by molar-refractivity contribution is -0.118. The number of sulfonamides is 1. The molecule has 0 aromatic heterocycles. The molecule has 0 heterocycles. The van der Waals surface area contributed by atoms with E-state index in [0.717, 1.165) is 0 Å². The number of ether oxygens (including phenoxy) is 1. The number of hydrogen-bond acceptors (Lipinski definition) is 4. The normalized spacial score (nSPS) is 11.1. The van der Waals surface area contributed by atoms with Crippen molar-refractivity contribution in [3.8, 4) is 5.75 Å². The molecule has 31 heavy (non-hydrogen) atoms. The summed E-state index contributed by atoms with van der Waals surface area (Å²) in [4.78, 5) is 12.3. The van der Waals surface area contributed by atoms with Gasteiger partial charge in [-0.05, 0) is 61.5 Å². The molecular weight excluding hydrogens is 459 g/mol. The van der Waals surface area contributed by atoms with Crippen molar-refractivity contribution in [3.05, 3.63) is 82.8 Å². The largest absolute Gasteiger partial charge is 0.484 e. The maximum absolute atomic E-state index is 12.9. The molecular formula is C22H20Cl2N2O4S. The Kier molecular flexibility index (Phi) is 7.43. The van der Waals surface area contributed by atoms with Gasteiger partial charge in [0, 0.05) is 22.3 Å². The molecule has 0 unspecified atom stereocenters. The average molecular weight is 479 g/mol. The van der Waals surface area contributed by atoms with Crippen LogP contribution in [0.25, 0.3) is 0 Å². The third kappa shape index (κ3) is 5.91. The Balaban J connectivity index is 1.64. The van der Waals surface area contributed by atoms with Gasteiger partial charge in [-0.2, -0.15) is 0 Å². The van der Waals surface area contributed by atoms with Gasteiger partial charge in [0.25, 0.3) is 15.9 Å². The number of carbonyl (C=O) groups excluding carboxylic acids is 1. The number of benzene rings is 3. The van der Waals surface area contributed by atoms with Gasteiger partial charge in [-0.25, -0.2) is 8.42 Å². The first-order valence-corrected chi connectivity index (χ1v) is 11.6.